The summed E-state index contributed by atoms with van der Waals surface area (Å²) in [4.78, 5) is 24.3. The highest BCUT2D eigenvalue weighted by Crippen LogP contribution is 2.24. The lowest BCUT2D eigenvalue weighted by Gasteiger charge is -2.05. The fourth-order valence-electron chi connectivity index (χ4n) is 3.45. The summed E-state index contributed by atoms with van der Waals surface area (Å²) in [6.07, 6.45) is 3.46. The average Bonchev–Trinajstić information content (AvgIpc) is 3.40. The number of ether oxygens (including phenoxy) is 1. The van der Waals surface area contributed by atoms with Crippen molar-refractivity contribution in [3.05, 3.63) is 77.0 Å². The van der Waals surface area contributed by atoms with E-state index < -0.39 is 5.97 Å². The van der Waals surface area contributed by atoms with Gasteiger partial charge in [-0.2, -0.15) is 0 Å². The number of carbonyl (C=O) groups excluding carboxylic acids is 2. The number of hydrogen-bond donors (Lipinski definition) is 0. The van der Waals surface area contributed by atoms with Gasteiger partial charge in [0.25, 0.3) is 0 Å². The molecule has 5 heteroatoms. The highest BCUT2D eigenvalue weighted by atomic mass is 16.5. The van der Waals surface area contributed by atoms with Crippen molar-refractivity contribution in [2.75, 3.05) is 0 Å². The molecule has 1 aliphatic rings. The smallest absolute Gasteiger partial charge is 0.306 e. The minimum Gasteiger partial charge on any atom is -0.459 e. The first-order chi connectivity index (χ1) is 13.7. The van der Waals surface area contributed by atoms with E-state index in [0.717, 1.165) is 24.8 Å². The molecule has 0 radical (unpaired) electrons. The van der Waals surface area contributed by atoms with Crippen molar-refractivity contribution in [2.45, 2.75) is 38.7 Å². The summed E-state index contributed by atoms with van der Waals surface area (Å²) in [5, 5.41) is 3.92. The highest BCUT2D eigenvalue weighted by Gasteiger charge is 2.16. The van der Waals surface area contributed by atoms with Crippen LogP contribution in [0.3, 0.4) is 0 Å². The van der Waals surface area contributed by atoms with Crippen molar-refractivity contribution < 1.29 is 18.8 Å². The van der Waals surface area contributed by atoms with Crippen LogP contribution in [0.25, 0.3) is 11.3 Å². The van der Waals surface area contributed by atoms with Crippen molar-refractivity contribution in [1.29, 1.82) is 0 Å². The molecule has 5 nitrogen and oxygen atoms in total. The Hall–Kier alpha value is -3.21. The normalized spacial score (nSPS) is 12.6. The second-order valence-corrected chi connectivity index (χ2v) is 6.97. The zero-order valence-corrected chi connectivity index (χ0v) is 15.5. The van der Waals surface area contributed by atoms with Gasteiger partial charge in [-0.05, 0) is 36.5 Å². The first-order valence-electron chi connectivity index (χ1n) is 9.51. The Morgan fingerprint density at radius 3 is 2.64 bits per heavy atom. The lowest BCUT2D eigenvalue weighted by atomic mass is 10.0. The number of ketones is 1. The third kappa shape index (κ3) is 4.19. The number of hydrogen-bond acceptors (Lipinski definition) is 5. The molecular formula is C23H21NO4. The molecule has 0 bridgehead atoms. The number of fused-ring (bicyclic) bond motifs is 1. The van der Waals surface area contributed by atoms with E-state index in [1.807, 2.05) is 48.5 Å². The number of nitrogens with zero attached hydrogens (tertiary/aromatic N) is 1. The molecule has 0 aliphatic heterocycles. The molecule has 28 heavy (non-hydrogen) atoms. The Morgan fingerprint density at radius 2 is 1.79 bits per heavy atom. The van der Waals surface area contributed by atoms with E-state index in [4.69, 9.17) is 9.26 Å². The van der Waals surface area contributed by atoms with E-state index >= 15 is 0 Å². The zero-order valence-electron chi connectivity index (χ0n) is 15.5. The summed E-state index contributed by atoms with van der Waals surface area (Å²) in [5.41, 5.74) is 4.72. The van der Waals surface area contributed by atoms with Crippen LogP contribution in [-0.2, 0) is 29.0 Å². The maximum absolute atomic E-state index is 12.3. The molecule has 1 aliphatic carbocycles. The number of aromatic nitrogens is 1. The molecule has 3 aromatic rings. The molecule has 142 valence electrons. The molecule has 0 saturated heterocycles. The van der Waals surface area contributed by atoms with E-state index in [-0.39, 0.29) is 25.2 Å². The molecule has 0 N–H and O–H groups in total. The largest absolute Gasteiger partial charge is 0.459 e. The number of esters is 1. The molecule has 1 aromatic heterocycles. The standard InChI is InChI=1S/C23H21NO4/c25-21(19-10-9-16-7-4-8-18(16)13-19)11-12-23(26)27-15-20-14-22(28-24-20)17-5-2-1-3-6-17/h1-3,5-6,9-10,13-14H,4,7-8,11-12,15H2. The van der Waals surface area contributed by atoms with Crippen LogP contribution < -0.4 is 0 Å². The maximum Gasteiger partial charge on any atom is 0.306 e. The Morgan fingerprint density at radius 1 is 0.964 bits per heavy atom. The van der Waals surface area contributed by atoms with Crippen molar-refractivity contribution >= 4 is 11.8 Å². The van der Waals surface area contributed by atoms with Crippen LogP contribution in [0.5, 0.6) is 0 Å². The van der Waals surface area contributed by atoms with Crippen LogP contribution >= 0.6 is 0 Å². The van der Waals surface area contributed by atoms with Gasteiger partial charge in [-0.1, -0.05) is 47.6 Å². The van der Waals surface area contributed by atoms with Crippen LogP contribution in [0.2, 0.25) is 0 Å². The van der Waals surface area contributed by atoms with Crippen LogP contribution in [0, 0.1) is 0 Å². The molecule has 1 heterocycles. The summed E-state index contributed by atoms with van der Waals surface area (Å²) in [7, 11) is 0. The zero-order chi connectivity index (χ0) is 19.3. The molecule has 2 aromatic carbocycles. The molecule has 0 atom stereocenters. The summed E-state index contributed by atoms with van der Waals surface area (Å²) in [6, 6.07) is 17.2. The minimum absolute atomic E-state index is 0.0283. The average molecular weight is 375 g/mol. The molecule has 0 unspecified atom stereocenters. The Bertz CT molecular complexity index is 991. The van der Waals surface area contributed by atoms with E-state index in [9.17, 15) is 9.59 Å². The van der Waals surface area contributed by atoms with Crippen molar-refractivity contribution in [3.8, 4) is 11.3 Å². The van der Waals surface area contributed by atoms with Gasteiger partial charge in [-0.3, -0.25) is 9.59 Å². The van der Waals surface area contributed by atoms with E-state index in [1.54, 1.807) is 6.07 Å². The van der Waals surface area contributed by atoms with E-state index in [2.05, 4.69) is 5.16 Å². The van der Waals surface area contributed by atoms with Gasteiger partial charge < -0.3 is 9.26 Å². The Kier molecular flexibility index (Phi) is 5.33. The predicted molar refractivity (Wildman–Crippen MR) is 104 cm³/mol. The maximum atomic E-state index is 12.3. The van der Waals surface area contributed by atoms with Gasteiger partial charge in [0.2, 0.25) is 0 Å². The quantitative estimate of drug-likeness (QED) is 0.448. The third-order valence-electron chi connectivity index (χ3n) is 4.97. The summed E-state index contributed by atoms with van der Waals surface area (Å²) in [5.74, 6) is 0.177. The summed E-state index contributed by atoms with van der Waals surface area (Å²) < 4.78 is 10.5. The van der Waals surface area contributed by atoms with Gasteiger partial charge in [0.05, 0.1) is 6.42 Å². The van der Waals surface area contributed by atoms with Gasteiger partial charge >= 0.3 is 5.97 Å². The number of benzene rings is 2. The van der Waals surface area contributed by atoms with Gasteiger partial charge in [0.1, 0.15) is 12.3 Å². The van der Waals surface area contributed by atoms with Crippen LogP contribution in [0.4, 0.5) is 0 Å². The molecule has 4 rings (SSSR count). The first kappa shape index (κ1) is 18.2. The number of rotatable bonds is 7. The minimum atomic E-state index is -0.418. The Balaban J connectivity index is 1.26. The fourth-order valence-corrected chi connectivity index (χ4v) is 3.45. The monoisotopic (exact) mass is 375 g/mol. The lowest BCUT2D eigenvalue weighted by Crippen LogP contribution is -2.08. The molecule has 0 fully saturated rings. The molecule has 0 saturated carbocycles. The summed E-state index contributed by atoms with van der Waals surface area (Å²) in [6.45, 7) is 0.0300. The predicted octanol–water partition coefficient (Wildman–Crippen LogP) is 4.54. The SMILES string of the molecule is O=C(CCC(=O)c1ccc2c(c1)CCC2)OCc1cc(-c2ccccc2)on1. The molecule has 0 amide bonds. The Labute approximate surface area is 163 Å². The second-order valence-electron chi connectivity index (χ2n) is 6.97. The van der Waals surface area contributed by atoms with Gasteiger partial charge in [-0.25, -0.2) is 0 Å². The summed E-state index contributed by atoms with van der Waals surface area (Å²) >= 11 is 0. The fraction of sp³-hybridized carbons (Fsp3) is 0.261. The molecular weight excluding hydrogens is 354 g/mol. The topological polar surface area (TPSA) is 69.4 Å². The van der Waals surface area contributed by atoms with Crippen LogP contribution in [0.1, 0.15) is 46.4 Å². The van der Waals surface area contributed by atoms with Crippen LogP contribution in [0.15, 0.2) is 59.1 Å². The van der Waals surface area contributed by atoms with E-state index in [0.29, 0.717) is 17.0 Å². The van der Waals surface area contributed by atoms with Crippen molar-refractivity contribution in [2.24, 2.45) is 0 Å². The number of Topliss-reactive ketones (excluding diaryl/α,β-unsaturated/α-hetero) is 1. The number of carbonyl (C=O) groups is 2. The lowest BCUT2D eigenvalue weighted by molar-refractivity contribution is -0.145. The highest BCUT2D eigenvalue weighted by molar-refractivity contribution is 5.97. The third-order valence-corrected chi connectivity index (χ3v) is 4.97. The van der Waals surface area contributed by atoms with Crippen molar-refractivity contribution in [3.63, 3.8) is 0 Å². The first-order valence-corrected chi connectivity index (χ1v) is 9.51. The van der Waals surface area contributed by atoms with Gasteiger partial charge in [-0.15, -0.1) is 0 Å². The van der Waals surface area contributed by atoms with Gasteiger partial charge in [0.15, 0.2) is 11.5 Å². The van der Waals surface area contributed by atoms with E-state index in [1.165, 1.54) is 11.1 Å². The second kappa shape index (κ2) is 8.21. The van der Waals surface area contributed by atoms with Crippen molar-refractivity contribution in [1.82, 2.24) is 5.16 Å². The van der Waals surface area contributed by atoms with Gasteiger partial charge in [0, 0.05) is 23.6 Å². The number of aryl methyl sites for hydroxylation is 2. The van der Waals surface area contributed by atoms with Crippen LogP contribution in [-0.4, -0.2) is 16.9 Å². The molecule has 0 spiro atoms.